The van der Waals surface area contributed by atoms with Crippen LogP contribution >= 0.6 is 0 Å². The van der Waals surface area contributed by atoms with E-state index in [9.17, 15) is 18.0 Å². The molecule has 1 amide bonds. The van der Waals surface area contributed by atoms with Crippen LogP contribution in [-0.2, 0) is 13.2 Å². The summed E-state index contributed by atoms with van der Waals surface area (Å²) in [4.78, 5) is 17.1. The van der Waals surface area contributed by atoms with Crippen LogP contribution in [0.1, 0.15) is 36.7 Å². The molecule has 3 aromatic rings. The summed E-state index contributed by atoms with van der Waals surface area (Å²) in [6.45, 7) is 5.48. The van der Waals surface area contributed by atoms with Gasteiger partial charge in [-0.2, -0.15) is 18.3 Å². The average Bonchev–Trinajstić information content (AvgIpc) is 2.93. The number of aromatic nitrogens is 3. The maximum atomic E-state index is 13.4. The lowest BCUT2D eigenvalue weighted by molar-refractivity contribution is -0.137. The minimum atomic E-state index is -4.53. The predicted octanol–water partition coefficient (Wildman–Crippen LogP) is 4.18. The van der Waals surface area contributed by atoms with E-state index in [-0.39, 0.29) is 16.8 Å². The third-order valence-corrected chi connectivity index (χ3v) is 3.95. The number of aryl methyl sites for hydroxylation is 1. The second kappa shape index (κ2) is 6.37. The van der Waals surface area contributed by atoms with E-state index in [1.165, 1.54) is 35.1 Å². The third kappa shape index (κ3) is 3.79. The molecule has 0 fully saturated rings. The molecule has 0 aliphatic rings. The van der Waals surface area contributed by atoms with Crippen LogP contribution in [0.5, 0.6) is 0 Å². The van der Waals surface area contributed by atoms with Crippen LogP contribution in [0.25, 0.3) is 22.3 Å². The molecule has 2 heterocycles. The molecular formula is C19H19F3N4O. The van der Waals surface area contributed by atoms with Gasteiger partial charge in [-0.15, -0.1) is 0 Å². The summed E-state index contributed by atoms with van der Waals surface area (Å²) in [6.07, 6.45) is -3.05. The summed E-state index contributed by atoms with van der Waals surface area (Å²) >= 11 is 0. The number of nitrogens with zero attached hydrogens (tertiary/aromatic N) is 3. The number of hydrogen-bond acceptors (Lipinski definition) is 3. The predicted molar refractivity (Wildman–Crippen MR) is 96.2 cm³/mol. The first-order valence-electron chi connectivity index (χ1n) is 8.29. The highest BCUT2D eigenvalue weighted by Gasteiger charge is 2.34. The lowest BCUT2D eigenvalue weighted by atomic mass is 10.0. The van der Waals surface area contributed by atoms with Gasteiger partial charge in [-0.1, -0.05) is 18.2 Å². The number of rotatable bonds is 2. The zero-order chi connectivity index (χ0) is 20.0. The lowest BCUT2D eigenvalue weighted by Crippen LogP contribution is -2.40. The minimum Gasteiger partial charge on any atom is -0.347 e. The summed E-state index contributed by atoms with van der Waals surface area (Å²) in [5, 5.41) is 7.41. The molecular weight excluding hydrogens is 357 g/mol. The highest BCUT2D eigenvalue weighted by atomic mass is 19.4. The normalized spacial score (nSPS) is 12.4. The molecule has 0 bridgehead atoms. The van der Waals surface area contributed by atoms with Crippen molar-refractivity contribution < 1.29 is 18.0 Å². The van der Waals surface area contributed by atoms with Crippen molar-refractivity contribution in [3.63, 3.8) is 0 Å². The molecule has 5 nitrogen and oxygen atoms in total. The molecule has 0 spiro atoms. The van der Waals surface area contributed by atoms with Crippen LogP contribution < -0.4 is 5.32 Å². The van der Waals surface area contributed by atoms with E-state index < -0.39 is 23.2 Å². The molecule has 0 unspecified atom stereocenters. The first-order valence-corrected chi connectivity index (χ1v) is 8.29. The third-order valence-electron chi connectivity index (χ3n) is 3.95. The topological polar surface area (TPSA) is 59.8 Å². The van der Waals surface area contributed by atoms with Gasteiger partial charge in [0.05, 0.1) is 28.4 Å². The number of carbonyl (C=O) groups is 1. The Balaban J connectivity index is 2.25. The van der Waals surface area contributed by atoms with Gasteiger partial charge >= 0.3 is 6.18 Å². The summed E-state index contributed by atoms with van der Waals surface area (Å²) in [5.41, 5.74) is -0.755. The fourth-order valence-electron chi connectivity index (χ4n) is 2.80. The summed E-state index contributed by atoms with van der Waals surface area (Å²) < 4.78 is 41.7. The fraction of sp³-hybridized carbons (Fsp3) is 0.316. The van der Waals surface area contributed by atoms with E-state index in [1.807, 2.05) is 20.8 Å². The van der Waals surface area contributed by atoms with Crippen molar-refractivity contribution in [2.75, 3.05) is 0 Å². The number of alkyl halides is 3. The molecule has 27 heavy (non-hydrogen) atoms. The van der Waals surface area contributed by atoms with Gasteiger partial charge in [0, 0.05) is 18.2 Å². The average molecular weight is 376 g/mol. The maximum absolute atomic E-state index is 13.4. The Hall–Kier alpha value is -2.90. The molecule has 8 heteroatoms. The molecule has 2 aromatic heterocycles. The second-order valence-electron chi connectivity index (χ2n) is 7.31. The Kier molecular flexibility index (Phi) is 4.45. The molecule has 1 aromatic carbocycles. The minimum absolute atomic E-state index is 0.0677. The number of pyridine rings is 1. The van der Waals surface area contributed by atoms with E-state index in [4.69, 9.17) is 0 Å². The van der Waals surface area contributed by atoms with Crippen LogP contribution in [-0.4, -0.2) is 26.2 Å². The van der Waals surface area contributed by atoms with Crippen LogP contribution in [0.15, 0.2) is 36.5 Å². The lowest BCUT2D eigenvalue weighted by Gasteiger charge is -2.21. The van der Waals surface area contributed by atoms with Gasteiger partial charge in [0.1, 0.15) is 0 Å². The van der Waals surface area contributed by atoms with Crippen LogP contribution in [0, 0.1) is 0 Å². The van der Waals surface area contributed by atoms with Gasteiger partial charge in [-0.3, -0.25) is 9.48 Å². The number of nitrogens with one attached hydrogen (secondary N) is 1. The highest BCUT2D eigenvalue weighted by molar-refractivity contribution is 6.06. The molecule has 0 saturated carbocycles. The molecule has 0 radical (unpaired) electrons. The van der Waals surface area contributed by atoms with Gasteiger partial charge in [0.25, 0.3) is 5.91 Å². The molecule has 3 rings (SSSR count). The van der Waals surface area contributed by atoms with E-state index in [0.29, 0.717) is 11.0 Å². The zero-order valence-electron chi connectivity index (χ0n) is 15.3. The van der Waals surface area contributed by atoms with Crippen molar-refractivity contribution >= 4 is 16.9 Å². The molecule has 0 atom stereocenters. The molecule has 142 valence electrons. The van der Waals surface area contributed by atoms with Gasteiger partial charge < -0.3 is 5.32 Å². The van der Waals surface area contributed by atoms with Crippen molar-refractivity contribution in [3.8, 4) is 11.3 Å². The number of carbonyl (C=O) groups excluding carboxylic acids is 1. The van der Waals surface area contributed by atoms with Crippen molar-refractivity contribution in [1.29, 1.82) is 0 Å². The Morgan fingerprint density at radius 3 is 2.44 bits per heavy atom. The van der Waals surface area contributed by atoms with Gasteiger partial charge in [0.15, 0.2) is 5.65 Å². The molecule has 0 aliphatic heterocycles. The summed E-state index contributed by atoms with van der Waals surface area (Å²) in [5.74, 6) is -0.395. The summed E-state index contributed by atoms with van der Waals surface area (Å²) in [7, 11) is 1.63. The quantitative estimate of drug-likeness (QED) is 0.730. The number of fused-ring (bicyclic) bond motifs is 1. The van der Waals surface area contributed by atoms with Crippen LogP contribution in [0.4, 0.5) is 13.2 Å². The highest BCUT2D eigenvalue weighted by Crippen LogP contribution is 2.37. The van der Waals surface area contributed by atoms with Gasteiger partial charge in [-0.05, 0) is 32.9 Å². The van der Waals surface area contributed by atoms with Gasteiger partial charge in [0.2, 0.25) is 0 Å². The van der Waals surface area contributed by atoms with E-state index in [2.05, 4.69) is 15.4 Å². The Bertz CT molecular complexity index is 1020. The maximum Gasteiger partial charge on any atom is 0.417 e. The first-order chi connectivity index (χ1) is 12.5. The number of halogens is 3. The monoisotopic (exact) mass is 376 g/mol. The van der Waals surface area contributed by atoms with Crippen LogP contribution in [0.3, 0.4) is 0 Å². The number of amides is 1. The van der Waals surface area contributed by atoms with Gasteiger partial charge in [-0.25, -0.2) is 4.98 Å². The Labute approximate surface area is 154 Å². The van der Waals surface area contributed by atoms with Crippen molar-refractivity contribution in [3.05, 3.63) is 47.7 Å². The largest absolute Gasteiger partial charge is 0.417 e. The smallest absolute Gasteiger partial charge is 0.347 e. The van der Waals surface area contributed by atoms with Crippen molar-refractivity contribution in [2.24, 2.45) is 7.05 Å². The molecule has 0 saturated heterocycles. The van der Waals surface area contributed by atoms with Crippen molar-refractivity contribution in [2.45, 2.75) is 32.5 Å². The Morgan fingerprint density at radius 1 is 1.15 bits per heavy atom. The first kappa shape index (κ1) is 18.9. The van der Waals surface area contributed by atoms with E-state index >= 15 is 0 Å². The standard InChI is InChI=1S/C19H19F3N4O/c1-18(2,3)25-17(27)12-9-15(24-16-13(12)10-23-26(16)4)11-7-5-6-8-14(11)19(20,21)22/h5-10H,1-4H3,(H,25,27). The van der Waals surface area contributed by atoms with E-state index in [1.54, 1.807) is 7.05 Å². The number of benzene rings is 1. The Morgan fingerprint density at radius 2 is 1.81 bits per heavy atom. The number of hydrogen-bond donors (Lipinski definition) is 1. The van der Waals surface area contributed by atoms with E-state index in [0.717, 1.165) is 6.07 Å². The fourth-order valence-corrected chi connectivity index (χ4v) is 2.80. The summed E-state index contributed by atoms with van der Waals surface area (Å²) in [6, 6.07) is 6.56. The molecule has 1 N–H and O–H groups in total. The molecule has 0 aliphatic carbocycles. The SMILES string of the molecule is Cn1ncc2c(C(=O)NC(C)(C)C)cc(-c3ccccc3C(F)(F)F)nc21. The van der Waals surface area contributed by atoms with Crippen LogP contribution in [0.2, 0.25) is 0 Å². The van der Waals surface area contributed by atoms with Crippen molar-refractivity contribution in [1.82, 2.24) is 20.1 Å². The second-order valence-corrected chi connectivity index (χ2v) is 7.31. The zero-order valence-corrected chi connectivity index (χ0v) is 15.3.